The molecule has 1 aliphatic carbocycles. The molecule has 15 heteroatoms. The fourth-order valence-corrected chi connectivity index (χ4v) is 9.15. The third-order valence-corrected chi connectivity index (χ3v) is 12.8. The van der Waals surface area contributed by atoms with Crippen LogP contribution in [-0.4, -0.2) is 78.9 Å². The molecule has 6 rings (SSSR count). The number of nitrogens with one attached hydrogen (secondary N) is 3. The van der Waals surface area contributed by atoms with Crippen molar-refractivity contribution in [2.45, 2.75) is 69.8 Å². The maximum absolute atomic E-state index is 14.5. The molecule has 3 heterocycles. The summed E-state index contributed by atoms with van der Waals surface area (Å²) in [5, 5.41) is 13.3. The molecule has 0 radical (unpaired) electrons. The average Bonchev–Trinajstić information content (AvgIpc) is 3.25. The fraction of sp³-hybridized carbons (Fsp3) is 0.442. The topological polar surface area (TPSA) is 165 Å². The second-order valence-corrected chi connectivity index (χ2v) is 16.6. The van der Waals surface area contributed by atoms with Gasteiger partial charge in [0.25, 0.3) is 11.8 Å². The van der Waals surface area contributed by atoms with Crippen molar-refractivity contribution in [3.05, 3.63) is 112 Å². The Kier molecular flexibility index (Phi) is 15.0. The number of thiol groups is 1. The van der Waals surface area contributed by atoms with E-state index >= 15 is 0 Å². The lowest BCUT2D eigenvalue weighted by Crippen LogP contribution is -2.46. The van der Waals surface area contributed by atoms with Crippen molar-refractivity contribution in [1.82, 2.24) is 15.6 Å². The molecule has 2 aromatic carbocycles. The van der Waals surface area contributed by atoms with Gasteiger partial charge < -0.3 is 34.5 Å². The molecular weight excluding hydrogens is 780 g/mol. The minimum Gasteiger partial charge on any atom is -0.491 e. The van der Waals surface area contributed by atoms with E-state index in [0.717, 1.165) is 43.4 Å². The number of fused-ring (bicyclic) bond motifs is 3. The maximum Gasteiger partial charge on any atom is 0.285 e. The van der Waals surface area contributed by atoms with Crippen molar-refractivity contribution in [2.75, 3.05) is 39.3 Å². The number of carbonyl (C=O) groups is 2. The van der Waals surface area contributed by atoms with E-state index in [0.29, 0.717) is 36.2 Å². The Labute approximate surface area is 347 Å². The van der Waals surface area contributed by atoms with Crippen LogP contribution in [0, 0.1) is 23.2 Å². The maximum atomic E-state index is 14.5. The molecule has 2 unspecified atom stereocenters. The van der Waals surface area contributed by atoms with Crippen LogP contribution < -0.4 is 20.3 Å². The second kappa shape index (κ2) is 20.3. The Morgan fingerprint density at radius 2 is 1.91 bits per heavy atom. The Morgan fingerprint density at radius 1 is 1.09 bits per heavy atom. The van der Waals surface area contributed by atoms with Crippen molar-refractivity contribution in [2.24, 2.45) is 22.1 Å². The van der Waals surface area contributed by atoms with Gasteiger partial charge in [-0.05, 0) is 97.5 Å². The first-order valence-electron chi connectivity index (χ1n) is 19.6. The Bertz CT molecular complexity index is 2090. The molecule has 2 bridgehead atoms. The molecule has 3 N–H and O–H groups in total. The lowest BCUT2D eigenvalue weighted by molar-refractivity contribution is -0.117. The molecule has 0 spiro atoms. The highest BCUT2D eigenvalue weighted by molar-refractivity contribution is 7.76. The number of rotatable bonds is 8. The number of carbonyl (C=O) groups excluding carboxylic acids is 2. The van der Waals surface area contributed by atoms with Crippen molar-refractivity contribution in [3.63, 3.8) is 0 Å². The number of ether oxygens (including phenoxy) is 4. The van der Waals surface area contributed by atoms with Crippen LogP contribution in [0.1, 0.15) is 59.8 Å². The normalized spacial score (nSPS) is 26.2. The van der Waals surface area contributed by atoms with Gasteiger partial charge in [0.15, 0.2) is 0 Å². The molecule has 58 heavy (non-hydrogen) atoms. The zero-order valence-electron chi connectivity index (χ0n) is 33.4. The quantitative estimate of drug-likeness (QED) is 0.0670. The molecule has 310 valence electrons. The Hall–Kier alpha value is -4.76. The summed E-state index contributed by atoms with van der Waals surface area (Å²) in [6, 6.07) is 16.8. The van der Waals surface area contributed by atoms with Gasteiger partial charge in [0, 0.05) is 56.1 Å². The predicted molar refractivity (Wildman–Crippen MR) is 226 cm³/mol. The number of amides is 2. The summed E-state index contributed by atoms with van der Waals surface area (Å²) >= 11 is 6.49. The standard InChI is InChI=1S/C43H53ClN6O7S/c1-27-37(57-26-33-10-5-7-19-47-33)17-18-38(54-3)34-15-12-31(34)25-50-24-30-11-14-32(44)21-28(30)9-6-8-20-56-39-16-13-29(22-36(39)50)41(51)49-58(53)43(27)48-42(52)35(23-46-2)40(45)55-4/h5,7,10-11,13-14,16-19,21-23,27,31,34,37-38,43,45-46,58H,6,8-9,12,15,20,24-26H2,1-4H3,(H,48,52)/b18-17+,35-23+,45-40?/t27-,31-,34+,37-,38-,43?/m0/s1. The number of aromatic nitrogens is 1. The third kappa shape index (κ3) is 10.5. The summed E-state index contributed by atoms with van der Waals surface area (Å²) in [5.74, 6) is -1.51. The van der Waals surface area contributed by atoms with Crippen LogP contribution in [0.2, 0.25) is 5.02 Å². The highest BCUT2D eigenvalue weighted by Gasteiger charge is 2.39. The van der Waals surface area contributed by atoms with E-state index in [9.17, 15) is 13.8 Å². The zero-order valence-corrected chi connectivity index (χ0v) is 35.0. The summed E-state index contributed by atoms with van der Waals surface area (Å²) in [4.78, 5) is 34.6. The first kappa shape index (κ1) is 42.8. The van der Waals surface area contributed by atoms with Crippen LogP contribution in [0.3, 0.4) is 0 Å². The highest BCUT2D eigenvalue weighted by atomic mass is 35.5. The van der Waals surface area contributed by atoms with Gasteiger partial charge in [-0.15, -0.1) is 0 Å². The van der Waals surface area contributed by atoms with Gasteiger partial charge >= 0.3 is 0 Å². The number of pyridine rings is 1. The van der Waals surface area contributed by atoms with Crippen LogP contribution in [-0.2, 0) is 49.2 Å². The summed E-state index contributed by atoms with van der Waals surface area (Å²) in [6.45, 7) is 3.62. The molecule has 1 saturated carbocycles. The van der Waals surface area contributed by atoms with Gasteiger partial charge in [-0.3, -0.25) is 24.2 Å². The van der Waals surface area contributed by atoms with E-state index < -0.39 is 45.7 Å². The van der Waals surface area contributed by atoms with Gasteiger partial charge in [-0.25, -0.2) is 0 Å². The Balaban J connectivity index is 1.47. The number of methoxy groups -OCH3 is 2. The summed E-state index contributed by atoms with van der Waals surface area (Å²) in [7, 11) is 1.74. The first-order chi connectivity index (χ1) is 28.1. The largest absolute Gasteiger partial charge is 0.491 e. The van der Waals surface area contributed by atoms with Crippen molar-refractivity contribution in [3.8, 4) is 5.75 Å². The van der Waals surface area contributed by atoms with E-state index in [1.165, 1.54) is 18.9 Å². The average molecular weight is 833 g/mol. The summed E-state index contributed by atoms with van der Waals surface area (Å²) < 4.78 is 42.8. The number of aryl methyl sites for hydroxylation is 1. The van der Waals surface area contributed by atoms with Crippen LogP contribution in [0.25, 0.3) is 0 Å². The van der Waals surface area contributed by atoms with E-state index in [-0.39, 0.29) is 35.7 Å². The smallest absolute Gasteiger partial charge is 0.285 e. The van der Waals surface area contributed by atoms with Gasteiger partial charge in [-0.1, -0.05) is 42.8 Å². The summed E-state index contributed by atoms with van der Waals surface area (Å²) in [6.07, 6.45) is 10.4. The van der Waals surface area contributed by atoms with Crippen molar-refractivity contribution < 1.29 is 32.7 Å². The van der Waals surface area contributed by atoms with Gasteiger partial charge in [0.2, 0.25) is 5.90 Å². The molecule has 0 saturated heterocycles. The number of benzene rings is 2. The minimum absolute atomic E-state index is 0.121. The number of hydrogen-bond donors (Lipinski definition) is 4. The van der Waals surface area contributed by atoms with Crippen molar-refractivity contribution >= 4 is 45.6 Å². The minimum atomic E-state index is -2.82. The molecule has 3 aromatic rings. The third-order valence-electron chi connectivity index (χ3n) is 11.1. The SMILES string of the molecule is CN/C=C(\C(=N)OC)C(=O)NC1[C@@H](C)[C@@H](OCc2ccccn2)/C=C/[C@H](OC)[C@@H]2CC[C@H]2CN2Cc3ccc(Cl)cc3CCCCOc3ccc(cc32)C(=O)/N=[SH]\1=O. The Morgan fingerprint density at radius 3 is 2.64 bits per heavy atom. The van der Waals surface area contributed by atoms with Crippen LogP contribution in [0.15, 0.2) is 89.1 Å². The molecule has 2 aliphatic heterocycles. The zero-order chi connectivity index (χ0) is 41.2. The number of halogens is 1. The van der Waals surface area contributed by atoms with E-state index in [2.05, 4.69) is 30.9 Å². The molecule has 1 fully saturated rings. The van der Waals surface area contributed by atoms with E-state index in [1.807, 2.05) is 42.5 Å². The summed E-state index contributed by atoms with van der Waals surface area (Å²) in [5.41, 5.74) is 3.83. The monoisotopic (exact) mass is 832 g/mol. The van der Waals surface area contributed by atoms with E-state index in [4.69, 9.17) is 36.0 Å². The van der Waals surface area contributed by atoms with Crippen molar-refractivity contribution in [1.29, 1.82) is 5.41 Å². The number of nitrogens with zero attached hydrogens (tertiary/aromatic N) is 3. The molecular formula is C43H53ClN6O7S. The van der Waals surface area contributed by atoms with Gasteiger partial charge in [0.1, 0.15) is 16.7 Å². The second-order valence-electron chi connectivity index (χ2n) is 14.8. The predicted octanol–water partition coefficient (Wildman–Crippen LogP) is 6.26. The van der Waals surface area contributed by atoms with Gasteiger partial charge in [-0.2, -0.15) is 4.36 Å². The first-order valence-corrected chi connectivity index (χ1v) is 21.3. The van der Waals surface area contributed by atoms with Crippen LogP contribution >= 0.6 is 11.6 Å². The van der Waals surface area contributed by atoms with Gasteiger partial charge in [0.05, 0.1) is 54.5 Å². The van der Waals surface area contributed by atoms with Crippen LogP contribution in [0.5, 0.6) is 5.75 Å². The molecule has 2 amide bonds. The highest BCUT2D eigenvalue weighted by Crippen LogP contribution is 2.42. The lowest BCUT2D eigenvalue weighted by atomic mass is 9.70. The number of hydrogen-bond acceptors (Lipinski definition) is 11. The molecule has 13 nitrogen and oxygen atoms in total. The lowest BCUT2D eigenvalue weighted by Gasteiger charge is -2.44. The van der Waals surface area contributed by atoms with Crippen LogP contribution in [0.4, 0.5) is 5.69 Å². The van der Waals surface area contributed by atoms with E-state index in [1.54, 1.807) is 45.5 Å². The number of anilines is 1. The fourth-order valence-electron chi connectivity index (χ4n) is 7.73. The molecule has 1 aromatic heterocycles. The molecule has 3 aliphatic rings. The molecule has 7 atom stereocenters.